The predicted molar refractivity (Wildman–Crippen MR) is 77.5 cm³/mol. The molecule has 0 bridgehead atoms. The Labute approximate surface area is 112 Å². The highest BCUT2D eigenvalue weighted by Gasteiger charge is 2.12. The third-order valence-corrected chi connectivity index (χ3v) is 2.22. The zero-order valence-electron chi connectivity index (χ0n) is 12.4. The van der Waals surface area contributed by atoms with E-state index < -0.39 is 0 Å². The van der Waals surface area contributed by atoms with Gasteiger partial charge in [0.15, 0.2) is 0 Å². The molecule has 0 N–H and O–H groups in total. The van der Waals surface area contributed by atoms with Crippen LogP contribution in [0.25, 0.3) is 0 Å². The molecule has 1 aliphatic carbocycles. The highest BCUT2D eigenvalue weighted by Crippen LogP contribution is 2.26. The van der Waals surface area contributed by atoms with Crippen molar-refractivity contribution in [2.75, 3.05) is 13.6 Å². The van der Waals surface area contributed by atoms with Crippen LogP contribution in [0, 0.1) is 5.92 Å². The Hall–Kier alpha value is -1.12. The molecule has 3 nitrogen and oxygen atoms in total. The Morgan fingerprint density at radius 2 is 1.78 bits per heavy atom. The maximum atomic E-state index is 10.1. The van der Waals surface area contributed by atoms with Crippen molar-refractivity contribution in [2.24, 2.45) is 5.92 Å². The average Bonchev–Trinajstić information content (AvgIpc) is 3.07. The van der Waals surface area contributed by atoms with E-state index in [9.17, 15) is 9.59 Å². The maximum absolute atomic E-state index is 10.1. The van der Waals surface area contributed by atoms with Gasteiger partial charge in [0.1, 0.15) is 5.78 Å². The summed E-state index contributed by atoms with van der Waals surface area (Å²) in [4.78, 5) is 21.2. The molecule has 1 fully saturated rings. The Balaban J connectivity index is 0. The predicted octanol–water partition coefficient (Wildman–Crippen LogP) is 3.44. The first kappa shape index (κ1) is 19.2. The molecule has 1 rings (SSSR count). The summed E-state index contributed by atoms with van der Waals surface area (Å²) in [6.45, 7) is 9.81. The molecule has 106 valence electrons. The van der Waals surface area contributed by atoms with E-state index in [-0.39, 0.29) is 5.78 Å². The summed E-state index contributed by atoms with van der Waals surface area (Å²) in [5.41, 5.74) is 0. The smallest absolute Gasteiger partial charge is 0.209 e. The third kappa shape index (κ3) is 29.4. The lowest BCUT2D eigenvalue weighted by Crippen LogP contribution is -2.16. The van der Waals surface area contributed by atoms with Crippen LogP contribution >= 0.6 is 0 Å². The molecule has 0 saturated heterocycles. The van der Waals surface area contributed by atoms with Crippen molar-refractivity contribution in [2.45, 2.75) is 52.9 Å². The highest BCUT2D eigenvalue weighted by molar-refractivity contribution is 5.72. The van der Waals surface area contributed by atoms with Gasteiger partial charge in [-0.2, -0.15) is 0 Å². The number of nitrogens with zero attached hydrogens (tertiary/aromatic N) is 1. The molecule has 0 aliphatic heterocycles. The second-order valence-corrected chi connectivity index (χ2v) is 4.96. The van der Waals surface area contributed by atoms with Gasteiger partial charge in [-0.15, -0.1) is 6.58 Å². The van der Waals surface area contributed by atoms with Crippen molar-refractivity contribution < 1.29 is 9.59 Å². The second-order valence-electron chi connectivity index (χ2n) is 4.96. The quantitative estimate of drug-likeness (QED) is 0.414. The van der Waals surface area contributed by atoms with Gasteiger partial charge < -0.3 is 9.69 Å². The monoisotopic (exact) mass is 255 g/mol. The molecule has 1 amide bonds. The van der Waals surface area contributed by atoms with E-state index in [1.807, 2.05) is 6.08 Å². The summed E-state index contributed by atoms with van der Waals surface area (Å²) in [6, 6.07) is 0. The van der Waals surface area contributed by atoms with Gasteiger partial charge >= 0.3 is 0 Å². The van der Waals surface area contributed by atoms with E-state index in [1.165, 1.54) is 26.7 Å². The number of ketones is 1. The summed E-state index contributed by atoms with van der Waals surface area (Å²) in [5.74, 6) is 1.25. The molecule has 1 saturated carbocycles. The molecule has 0 spiro atoms. The van der Waals surface area contributed by atoms with Gasteiger partial charge in [-0.05, 0) is 39.0 Å². The topological polar surface area (TPSA) is 37.4 Å². The van der Waals surface area contributed by atoms with Crippen LogP contribution in [0.2, 0.25) is 0 Å². The first-order valence-corrected chi connectivity index (χ1v) is 6.67. The average molecular weight is 255 g/mol. The van der Waals surface area contributed by atoms with Gasteiger partial charge in [-0.1, -0.05) is 25.8 Å². The minimum Gasteiger partial charge on any atom is -0.348 e. The van der Waals surface area contributed by atoms with E-state index in [0.29, 0.717) is 0 Å². The lowest BCUT2D eigenvalue weighted by atomic mass is 10.2. The van der Waals surface area contributed by atoms with Crippen LogP contribution in [-0.2, 0) is 9.59 Å². The van der Waals surface area contributed by atoms with Crippen molar-refractivity contribution in [1.82, 2.24) is 4.90 Å². The van der Waals surface area contributed by atoms with Crippen LogP contribution in [0.15, 0.2) is 12.7 Å². The normalized spacial score (nSPS) is 12.2. The molecular formula is C15H29NO2. The zero-order chi connectivity index (χ0) is 14.4. The molecule has 0 aromatic carbocycles. The van der Waals surface area contributed by atoms with Crippen LogP contribution in [0.3, 0.4) is 0 Å². The van der Waals surface area contributed by atoms with Gasteiger partial charge in [0.2, 0.25) is 6.41 Å². The zero-order valence-corrected chi connectivity index (χ0v) is 12.4. The lowest BCUT2D eigenvalue weighted by Gasteiger charge is -2.08. The van der Waals surface area contributed by atoms with Crippen molar-refractivity contribution in [3.8, 4) is 0 Å². The number of carbonyl (C=O) groups excluding carboxylic acids is 2. The van der Waals surface area contributed by atoms with Crippen LogP contribution in [-0.4, -0.2) is 30.7 Å². The minimum atomic E-state index is 0.167. The van der Waals surface area contributed by atoms with Crippen molar-refractivity contribution in [3.63, 3.8) is 0 Å². The van der Waals surface area contributed by atoms with Crippen molar-refractivity contribution >= 4 is 12.2 Å². The van der Waals surface area contributed by atoms with Gasteiger partial charge in [0.05, 0.1) is 0 Å². The van der Waals surface area contributed by atoms with Gasteiger partial charge in [-0.3, -0.25) is 4.79 Å². The van der Waals surface area contributed by atoms with E-state index in [0.717, 1.165) is 38.1 Å². The molecule has 0 radical (unpaired) electrons. The molecule has 1 aliphatic rings. The maximum Gasteiger partial charge on any atom is 0.209 e. The van der Waals surface area contributed by atoms with Gasteiger partial charge in [0.25, 0.3) is 0 Å². The van der Waals surface area contributed by atoms with Crippen LogP contribution in [0.5, 0.6) is 0 Å². The fraction of sp³-hybridized carbons (Fsp3) is 0.733. The number of allylic oxidation sites excluding steroid dienone is 1. The Morgan fingerprint density at radius 1 is 1.33 bits per heavy atom. The number of Topliss-reactive ketones (excluding diaryl/α,β-unsaturated/α-hetero) is 1. The first-order valence-electron chi connectivity index (χ1n) is 6.67. The highest BCUT2D eigenvalue weighted by atomic mass is 16.1. The molecule has 0 atom stereocenters. The SMILES string of the molecule is C=CCCCCN(C)C=O.CC(C)=O.CC1CC1. The fourth-order valence-electron chi connectivity index (χ4n) is 0.869. The number of carbonyl (C=O) groups is 2. The van der Waals surface area contributed by atoms with Crippen molar-refractivity contribution in [3.05, 3.63) is 12.7 Å². The molecule has 0 unspecified atom stereocenters. The fourth-order valence-corrected chi connectivity index (χ4v) is 0.869. The van der Waals surface area contributed by atoms with Crippen molar-refractivity contribution in [1.29, 1.82) is 0 Å². The molecule has 0 heterocycles. The number of amides is 1. The van der Waals surface area contributed by atoms with Crippen LogP contribution in [0.4, 0.5) is 0 Å². The second kappa shape index (κ2) is 13.9. The third-order valence-electron chi connectivity index (χ3n) is 2.22. The van der Waals surface area contributed by atoms with Crippen LogP contribution < -0.4 is 0 Å². The molecule has 0 aromatic heterocycles. The van der Waals surface area contributed by atoms with E-state index in [1.54, 1.807) is 11.9 Å². The Kier molecular flexibility index (Phi) is 14.9. The number of unbranched alkanes of at least 4 members (excludes halogenated alkanes) is 2. The van der Waals surface area contributed by atoms with Crippen LogP contribution in [0.1, 0.15) is 52.9 Å². The number of rotatable bonds is 6. The largest absolute Gasteiger partial charge is 0.348 e. The Bertz CT molecular complexity index is 219. The summed E-state index contributed by atoms with van der Waals surface area (Å²) < 4.78 is 0. The molecule has 18 heavy (non-hydrogen) atoms. The minimum absolute atomic E-state index is 0.167. The van der Waals surface area contributed by atoms with E-state index in [4.69, 9.17) is 0 Å². The van der Waals surface area contributed by atoms with E-state index in [2.05, 4.69) is 13.5 Å². The summed E-state index contributed by atoms with van der Waals surface area (Å²) in [6.07, 6.45) is 8.98. The standard InChI is InChI=1S/C8H15NO.C4H8.C3H6O/c1-3-4-5-6-7-9(2)8-10;1-4-2-3-4;1-3(2)4/h3,8H,1,4-7H2,2H3;4H,2-3H2,1H3;1-2H3. The van der Waals surface area contributed by atoms with Gasteiger partial charge in [0, 0.05) is 13.6 Å². The lowest BCUT2D eigenvalue weighted by molar-refractivity contribution is -0.117. The molecule has 0 aromatic rings. The number of hydrogen-bond acceptors (Lipinski definition) is 2. The van der Waals surface area contributed by atoms with Gasteiger partial charge in [-0.25, -0.2) is 0 Å². The summed E-state index contributed by atoms with van der Waals surface area (Å²) in [7, 11) is 1.79. The molecule has 3 heteroatoms. The Morgan fingerprint density at radius 3 is 2.06 bits per heavy atom. The van der Waals surface area contributed by atoms with E-state index >= 15 is 0 Å². The number of hydrogen-bond donors (Lipinski definition) is 0. The first-order chi connectivity index (χ1) is 8.43. The molecular weight excluding hydrogens is 226 g/mol. The summed E-state index contributed by atoms with van der Waals surface area (Å²) >= 11 is 0. The summed E-state index contributed by atoms with van der Waals surface area (Å²) in [5, 5.41) is 0.